The lowest BCUT2D eigenvalue weighted by molar-refractivity contribution is -0.138. The predicted octanol–water partition coefficient (Wildman–Crippen LogP) is 3.86. The number of fused-ring (bicyclic) bond motifs is 1. The largest absolute Gasteiger partial charge is 0.405 e. The van der Waals surface area contributed by atoms with Gasteiger partial charge in [-0.2, -0.15) is 18.3 Å². The van der Waals surface area contributed by atoms with E-state index >= 15 is 0 Å². The maximum absolute atomic E-state index is 12.9. The Morgan fingerprint density at radius 1 is 1.23 bits per heavy atom. The third kappa shape index (κ3) is 5.96. The Morgan fingerprint density at radius 3 is 2.66 bits per heavy atom. The van der Waals surface area contributed by atoms with E-state index in [0.29, 0.717) is 52.6 Å². The molecule has 35 heavy (non-hydrogen) atoms. The first-order valence-corrected chi connectivity index (χ1v) is 11.0. The van der Waals surface area contributed by atoms with E-state index < -0.39 is 18.6 Å². The van der Waals surface area contributed by atoms with E-state index in [9.17, 15) is 22.8 Å². The van der Waals surface area contributed by atoms with Crippen molar-refractivity contribution in [2.75, 3.05) is 31.5 Å². The summed E-state index contributed by atoms with van der Waals surface area (Å²) in [5.74, 6) is -0.460. The molecule has 188 valence electrons. The number of pyridine rings is 1. The second-order valence-corrected chi connectivity index (χ2v) is 8.34. The van der Waals surface area contributed by atoms with Crippen molar-refractivity contribution in [3.05, 3.63) is 52.8 Å². The third-order valence-corrected chi connectivity index (χ3v) is 5.77. The number of alkyl halides is 3. The monoisotopic (exact) mass is 530 g/mol. The van der Waals surface area contributed by atoms with Crippen LogP contribution in [-0.4, -0.2) is 63.8 Å². The van der Waals surface area contributed by atoms with Crippen molar-refractivity contribution in [1.82, 2.24) is 25.0 Å². The summed E-state index contributed by atoms with van der Waals surface area (Å²) in [5.41, 5.74) is 1.66. The van der Waals surface area contributed by atoms with Crippen molar-refractivity contribution in [3.63, 3.8) is 0 Å². The highest BCUT2D eigenvalue weighted by atomic mass is 35.5. The molecule has 8 nitrogen and oxygen atoms in total. The molecule has 1 aliphatic heterocycles. The highest BCUT2D eigenvalue weighted by Gasteiger charge is 2.36. The number of anilines is 1. The van der Waals surface area contributed by atoms with Gasteiger partial charge in [-0.25, -0.2) is 4.98 Å². The number of hydrogen-bond donors (Lipinski definition) is 2. The summed E-state index contributed by atoms with van der Waals surface area (Å²) in [6.45, 7) is 1.62. The molecule has 0 aliphatic carbocycles. The molecule has 1 saturated heterocycles. The smallest absolute Gasteiger partial charge is 0.370 e. The number of amides is 2. The lowest BCUT2D eigenvalue weighted by atomic mass is 9.93. The number of aromatic nitrogens is 3. The molecule has 1 aromatic carbocycles. The number of hydrogen-bond acceptors (Lipinski definition) is 5. The molecular weight excluding hydrogens is 508 g/mol. The van der Waals surface area contributed by atoms with E-state index in [4.69, 9.17) is 11.6 Å². The molecule has 4 rings (SSSR count). The maximum atomic E-state index is 12.9. The molecule has 0 saturated carbocycles. The normalized spacial score (nSPS) is 13.8. The molecule has 0 bridgehead atoms. The van der Waals surface area contributed by atoms with Crippen LogP contribution in [0.4, 0.5) is 19.0 Å². The molecule has 2 aromatic heterocycles. The average molecular weight is 531 g/mol. The van der Waals surface area contributed by atoms with E-state index in [1.807, 2.05) is 12.2 Å². The van der Waals surface area contributed by atoms with Gasteiger partial charge in [-0.3, -0.25) is 14.3 Å². The number of rotatable bonds is 7. The van der Waals surface area contributed by atoms with Crippen LogP contribution in [0.25, 0.3) is 10.9 Å². The molecule has 3 heterocycles. The molecule has 0 unspecified atom stereocenters. The molecule has 3 aromatic rings. The van der Waals surface area contributed by atoms with Crippen LogP contribution < -0.4 is 10.6 Å². The van der Waals surface area contributed by atoms with Crippen LogP contribution >= 0.6 is 24.0 Å². The van der Waals surface area contributed by atoms with Crippen molar-refractivity contribution in [1.29, 1.82) is 0 Å². The fourth-order valence-corrected chi connectivity index (χ4v) is 4.12. The van der Waals surface area contributed by atoms with Crippen molar-refractivity contribution in [3.8, 4) is 0 Å². The molecule has 0 atom stereocenters. The zero-order chi connectivity index (χ0) is 24.5. The molecule has 2 N–H and O–H groups in total. The van der Waals surface area contributed by atoms with Gasteiger partial charge in [0.1, 0.15) is 18.9 Å². The first-order chi connectivity index (χ1) is 16.2. The molecule has 2 amide bonds. The topological polar surface area (TPSA) is 92.2 Å². The van der Waals surface area contributed by atoms with Gasteiger partial charge >= 0.3 is 6.18 Å². The van der Waals surface area contributed by atoms with E-state index in [0.717, 1.165) is 0 Å². The van der Waals surface area contributed by atoms with Gasteiger partial charge in [0.25, 0.3) is 5.91 Å². The van der Waals surface area contributed by atoms with Crippen LogP contribution in [0.2, 0.25) is 5.02 Å². The fourth-order valence-electron chi connectivity index (χ4n) is 3.85. The Hall–Kier alpha value is -3.05. The molecule has 1 aliphatic rings. The summed E-state index contributed by atoms with van der Waals surface area (Å²) in [5, 5.41) is 10.5. The predicted molar refractivity (Wildman–Crippen MR) is 128 cm³/mol. The first kappa shape index (κ1) is 26.6. The van der Waals surface area contributed by atoms with Crippen LogP contribution in [-0.2, 0) is 11.3 Å². The summed E-state index contributed by atoms with van der Waals surface area (Å²) >= 11 is 6.40. The summed E-state index contributed by atoms with van der Waals surface area (Å²) in [6, 6.07) is 8.42. The van der Waals surface area contributed by atoms with Crippen molar-refractivity contribution in [2.45, 2.75) is 25.6 Å². The SMILES string of the molecule is CCNc1cc(C(=O)N2CC(c3nn(CC(=O)NCC(F)(F)F)c4cccc(Cl)c34)C2)ccn1.Cl. The number of carbonyl (C=O) groups excluding carboxylic acids is 2. The minimum Gasteiger partial charge on any atom is -0.370 e. The van der Waals surface area contributed by atoms with Crippen molar-refractivity contribution >= 4 is 52.5 Å². The first-order valence-electron chi connectivity index (χ1n) is 10.6. The number of nitrogens with one attached hydrogen (secondary N) is 2. The average Bonchev–Trinajstić information content (AvgIpc) is 3.10. The van der Waals surface area contributed by atoms with Crippen LogP contribution in [0.3, 0.4) is 0 Å². The quantitative estimate of drug-likeness (QED) is 0.484. The lowest BCUT2D eigenvalue weighted by Gasteiger charge is -2.38. The lowest BCUT2D eigenvalue weighted by Crippen LogP contribution is -2.48. The zero-order valence-corrected chi connectivity index (χ0v) is 20.2. The molecule has 0 radical (unpaired) electrons. The van der Waals surface area contributed by atoms with E-state index in [1.165, 1.54) is 4.68 Å². The van der Waals surface area contributed by atoms with Crippen LogP contribution in [0.1, 0.15) is 28.9 Å². The maximum Gasteiger partial charge on any atom is 0.405 e. The highest BCUT2D eigenvalue weighted by Crippen LogP contribution is 2.36. The van der Waals surface area contributed by atoms with Gasteiger partial charge < -0.3 is 15.5 Å². The Morgan fingerprint density at radius 2 is 1.97 bits per heavy atom. The van der Waals surface area contributed by atoms with Crippen LogP contribution in [0, 0.1) is 0 Å². The summed E-state index contributed by atoms with van der Waals surface area (Å²) in [7, 11) is 0. The highest BCUT2D eigenvalue weighted by molar-refractivity contribution is 6.35. The Bertz CT molecular complexity index is 1230. The molecule has 0 spiro atoms. The fraction of sp³-hybridized carbons (Fsp3) is 0.364. The Balaban J connectivity index is 0.00000342. The molecular formula is C22H23Cl2F3N6O2. The zero-order valence-electron chi connectivity index (χ0n) is 18.6. The summed E-state index contributed by atoms with van der Waals surface area (Å²) in [6.07, 6.45) is -2.93. The number of likely N-dealkylation sites (tertiary alicyclic amines) is 1. The Labute approximate surface area is 210 Å². The van der Waals surface area contributed by atoms with E-state index in [2.05, 4.69) is 15.4 Å². The van der Waals surface area contributed by atoms with Gasteiger partial charge in [0, 0.05) is 42.7 Å². The van der Waals surface area contributed by atoms with Gasteiger partial charge in [0.2, 0.25) is 5.91 Å². The number of benzene rings is 1. The molecule has 13 heteroatoms. The minimum absolute atomic E-state index is 0. The standard InChI is InChI=1S/C22H22ClF3N6O2.ClH/c1-2-27-17-8-13(6-7-28-17)21(34)31-9-14(10-31)20-19-15(23)4-3-5-16(19)32(30-20)11-18(33)29-12-22(24,25)26;/h3-8,14H,2,9-12H2,1H3,(H,27,28)(H,29,33);1H. The van der Waals surface area contributed by atoms with Gasteiger partial charge in [-0.05, 0) is 31.2 Å². The minimum atomic E-state index is -4.50. The van der Waals surface area contributed by atoms with Gasteiger partial charge in [0.05, 0.1) is 16.2 Å². The van der Waals surface area contributed by atoms with Crippen LogP contribution in [0.5, 0.6) is 0 Å². The van der Waals surface area contributed by atoms with E-state index in [1.54, 1.807) is 41.4 Å². The summed E-state index contributed by atoms with van der Waals surface area (Å²) < 4.78 is 38.6. The molecule has 1 fully saturated rings. The number of nitrogens with zero attached hydrogens (tertiary/aromatic N) is 4. The van der Waals surface area contributed by atoms with Crippen LogP contribution in [0.15, 0.2) is 36.5 Å². The second-order valence-electron chi connectivity index (χ2n) is 7.94. The van der Waals surface area contributed by atoms with E-state index in [-0.39, 0.29) is 30.8 Å². The van der Waals surface area contributed by atoms with Gasteiger partial charge in [-0.15, -0.1) is 12.4 Å². The van der Waals surface area contributed by atoms with Gasteiger partial charge in [-0.1, -0.05) is 17.7 Å². The van der Waals surface area contributed by atoms with Crippen molar-refractivity contribution in [2.24, 2.45) is 0 Å². The second kappa shape index (κ2) is 10.7. The third-order valence-electron chi connectivity index (χ3n) is 5.45. The summed E-state index contributed by atoms with van der Waals surface area (Å²) in [4.78, 5) is 30.8. The Kier molecular flexibility index (Phi) is 8.11. The van der Waals surface area contributed by atoms with Gasteiger partial charge in [0.15, 0.2) is 0 Å². The van der Waals surface area contributed by atoms with Crippen molar-refractivity contribution < 1.29 is 22.8 Å². The number of halogens is 5. The number of carbonyl (C=O) groups is 2.